The van der Waals surface area contributed by atoms with E-state index in [0.29, 0.717) is 5.69 Å². The van der Waals surface area contributed by atoms with Gasteiger partial charge in [-0.15, -0.1) is 0 Å². The zero-order chi connectivity index (χ0) is 14.9. The summed E-state index contributed by atoms with van der Waals surface area (Å²) in [7, 11) is 1.24. The molecule has 7 nitrogen and oxygen atoms in total. The first-order valence-corrected chi connectivity index (χ1v) is 5.84. The average Bonchev–Trinajstić information content (AvgIpc) is 2.86. The Labute approximate surface area is 119 Å². The summed E-state index contributed by atoms with van der Waals surface area (Å²) in [4.78, 5) is 22.9. The molecule has 0 saturated carbocycles. The fourth-order valence-electron chi connectivity index (χ4n) is 1.69. The minimum atomic E-state index is -0.637. The maximum Gasteiger partial charge on any atom is 0.340 e. The topological polar surface area (TPSA) is 113 Å². The van der Waals surface area contributed by atoms with Crippen LogP contribution >= 0.6 is 11.6 Å². The van der Waals surface area contributed by atoms with Gasteiger partial charge in [0.15, 0.2) is 0 Å². The van der Waals surface area contributed by atoms with Gasteiger partial charge in [0.1, 0.15) is 0 Å². The van der Waals surface area contributed by atoms with Crippen molar-refractivity contribution in [2.24, 2.45) is 5.73 Å². The predicted octanol–water partition coefficient (Wildman–Crippen LogP) is 0.993. The molecule has 4 N–H and O–H groups in total. The van der Waals surface area contributed by atoms with Gasteiger partial charge in [-0.05, 0) is 12.1 Å². The van der Waals surface area contributed by atoms with Gasteiger partial charge in [-0.2, -0.15) is 5.10 Å². The lowest BCUT2D eigenvalue weighted by molar-refractivity contribution is 0.0600. The van der Waals surface area contributed by atoms with Crippen LogP contribution in [0, 0.1) is 0 Å². The van der Waals surface area contributed by atoms with E-state index in [0.717, 1.165) is 0 Å². The lowest BCUT2D eigenvalue weighted by Crippen LogP contribution is -2.11. The Bertz CT molecular complexity index is 696. The number of benzene rings is 1. The molecule has 0 radical (unpaired) electrons. The number of rotatable bonds is 3. The van der Waals surface area contributed by atoms with Crippen molar-refractivity contribution in [1.29, 1.82) is 0 Å². The number of nitrogens with zero attached hydrogens (tertiary/aromatic N) is 2. The molecule has 0 aliphatic carbocycles. The smallest absolute Gasteiger partial charge is 0.340 e. The van der Waals surface area contributed by atoms with Crippen LogP contribution < -0.4 is 11.5 Å². The molecule has 20 heavy (non-hydrogen) atoms. The minimum absolute atomic E-state index is 0.136. The SMILES string of the molecule is COC(=O)c1cc(N)cc(Cl)c1-n1cc(C(N)=O)cn1. The van der Waals surface area contributed by atoms with Crippen molar-refractivity contribution in [3.8, 4) is 5.69 Å². The molecule has 0 atom stereocenters. The number of nitrogen functional groups attached to an aromatic ring is 1. The zero-order valence-corrected chi connectivity index (χ0v) is 11.2. The van der Waals surface area contributed by atoms with Gasteiger partial charge < -0.3 is 16.2 Å². The first kappa shape index (κ1) is 13.9. The van der Waals surface area contributed by atoms with Gasteiger partial charge in [0.05, 0.1) is 35.1 Å². The average molecular weight is 295 g/mol. The maximum atomic E-state index is 11.8. The van der Waals surface area contributed by atoms with Gasteiger partial charge in [0.2, 0.25) is 0 Å². The number of nitrogens with two attached hydrogens (primary N) is 2. The fraction of sp³-hybridized carbons (Fsp3) is 0.0833. The summed E-state index contributed by atoms with van der Waals surface area (Å²) in [5.41, 5.74) is 11.7. The van der Waals surface area contributed by atoms with E-state index in [1.54, 1.807) is 0 Å². The van der Waals surface area contributed by atoms with Crippen LogP contribution in [0.3, 0.4) is 0 Å². The number of carbonyl (C=O) groups is 2. The van der Waals surface area contributed by atoms with Crippen molar-refractivity contribution >= 4 is 29.2 Å². The van der Waals surface area contributed by atoms with Gasteiger partial charge in [-0.3, -0.25) is 4.79 Å². The molecular formula is C12H11ClN4O3. The van der Waals surface area contributed by atoms with Crippen LogP contribution in [0.25, 0.3) is 5.69 Å². The number of anilines is 1. The molecule has 8 heteroatoms. The maximum absolute atomic E-state index is 11.8. The third-order valence-corrected chi connectivity index (χ3v) is 2.88. The van der Waals surface area contributed by atoms with E-state index in [9.17, 15) is 9.59 Å². The number of esters is 1. The van der Waals surface area contributed by atoms with Crippen LogP contribution in [-0.4, -0.2) is 28.8 Å². The highest BCUT2D eigenvalue weighted by atomic mass is 35.5. The number of aromatic nitrogens is 2. The molecular weight excluding hydrogens is 284 g/mol. The Morgan fingerprint density at radius 1 is 1.40 bits per heavy atom. The van der Waals surface area contributed by atoms with Gasteiger partial charge >= 0.3 is 5.97 Å². The molecule has 0 aliphatic heterocycles. The van der Waals surface area contributed by atoms with Crippen LogP contribution in [0.4, 0.5) is 5.69 Å². The largest absolute Gasteiger partial charge is 0.465 e. The zero-order valence-electron chi connectivity index (χ0n) is 10.5. The molecule has 2 rings (SSSR count). The van der Waals surface area contributed by atoms with Crippen molar-refractivity contribution in [2.45, 2.75) is 0 Å². The molecule has 0 fully saturated rings. The summed E-state index contributed by atoms with van der Waals surface area (Å²) < 4.78 is 5.95. The van der Waals surface area contributed by atoms with Crippen LogP contribution in [-0.2, 0) is 4.74 Å². The van der Waals surface area contributed by atoms with Crippen LogP contribution in [0.15, 0.2) is 24.5 Å². The highest BCUT2D eigenvalue weighted by molar-refractivity contribution is 6.33. The second-order valence-corrected chi connectivity index (χ2v) is 4.34. The molecule has 0 spiro atoms. The third kappa shape index (κ3) is 2.43. The summed E-state index contributed by atoms with van der Waals surface area (Å²) >= 11 is 6.09. The second kappa shape index (κ2) is 5.22. The summed E-state index contributed by atoms with van der Waals surface area (Å²) in [6, 6.07) is 2.88. The number of carbonyl (C=O) groups excluding carboxylic acids is 2. The molecule has 1 aromatic carbocycles. The molecule has 1 amide bonds. The first-order valence-electron chi connectivity index (χ1n) is 5.46. The molecule has 0 bridgehead atoms. The number of amides is 1. The van der Waals surface area contributed by atoms with Crippen molar-refractivity contribution in [3.63, 3.8) is 0 Å². The van der Waals surface area contributed by atoms with Gasteiger partial charge in [0, 0.05) is 11.9 Å². The van der Waals surface area contributed by atoms with Crippen molar-refractivity contribution in [2.75, 3.05) is 12.8 Å². The summed E-state index contributed by atoms with van der Waals surface area (Å²) in [6.07, 6.45) is 2.64. The molecule has 104 valence electrons. The normalized spacial score (nSPS) is 10.3. The Hall–Kier alpha value is -2.54. The first-order chi connectivity index (χ1) is 9.43. The van der Waals surface area contributed by atoms with Crippen molar-refractivity contribution in [3.05, 3.63) is 40.7 Å². The lowest BCUT2D eigenvalue weighted by atomic mass is 10.1. The van der Waals surface area contributed by atoms with E-state index in [4.69, 9.17) is 23.1 Å². The highest BCUT2D eigenvalue weighted by Crippen LogP contribution is 2.28. The van der Waals surface area contributed by atoms with Crippen molar-refractivity contribution < 1.29 is 14.3 Å². The van der Waals surface area contributed by atoms with Crippen LogP contribution in [0.5, 0.6) is 0 Å². The Balaban J connectivity index is 2.65. The number of ether oxygens (including phenoxy) is 1. The van der Waals surface area contributed by atoms with E-state index in [1.165, 1.54) is 36.3 Å². The lowest BCUT2D eigenvalue weighted by Gasteiger charge is -2.11. The van der Waals surface area contributed by atoms with Crippen LogP contribution in [0.1, 0.15) is 20.7 Å². The molecule has 2 aromatic rings. The molecule has 0 saturated heterocycles. The quantitative estimate of drug-likeness (QED) is 0.647. The van der Waals surface area contributed by atoms with E-state index < -0.39 is 11.9 Å². The molecule has 1 aromatic heterocycles. The van der Waals surface area contributed by atoms with E-state index >= 15 is 0 Å². The number of hydrogen-bond acceptors (Lipinski definition) is 5. The van der Waals surface area contributed by atoms with Gasteiger partial charge in [-0.25, -0.2) is 9.48 Å². The molecule has 0 aliphatic rings. The van der Waals surface area contributed by atoms with E-state index in [1.807, 2.05) is 0 Å². The highest BCUT2D eigenvalue weighted by Gasteiger charge is 2.19. The summed E-state index contributed by atoms with van der Waals surface area (Å²) in [5.74, 6) is -1.26. The number of primary amides is 1. The van der Waals surface area contributed by atoms with Crippen molar-refractivity contribution in [1.82, 2.24) is 9.78 Å². The van der Waals surface area contributed by atoms with E-state index in [-0.39, 0.29) is 21.8 Å². The third-order valence-electron chi connectivity index (χ3n) is 2.59. The number of methoxy groups -OCH3 is 1. The Morgan fingerprint density at radius 3 is 2.65 bits per heavy atom. The standard InChI is InChI=1S/C12H11ClN4O3/c1-20-12(19)8-2-7(14)3-9(13)10(8)17-5-6(4-16-17)11(15)18/h2-5H,14H2,1H3,(H2,15,18). The summed E-state index contributed by atoms with van der Waals surface area (Å²) in [6.45, 7) is 0. The fourth-order valence-corrected chi connectivity index (χ4v) is 2.01. The summed E-state index contributed by atoms with van der Waals surface area (Å²) in [5, 5.41) is 4.16. The minimum Gasteiger partial charge on any atom is -0.465 e. The van der Waals surface area contributed by atoms with Gasteiger partial charge in [-0.1, -0.05) is 11.6 Å². The predicted molar refractivity (Wildman–Crippen MR) is 72.8 cm³/mol. The molecule has 0 unspecified atom stereocenters. The van der Waals surface area contributed by atoms with Gasteiger partial charge in [0.25, 0.3) is 5.91 Å². The second-order valence-electron chi connectivity index (χ2n) is 3.93. The number of hydrogen-bond donors (Lipinski definition) is 2. The molecule has 1 heterocycles. The van der Waals surface area contributed by atoms with Crippen LogP contribution in [0.2, 0.25) is 5.02 Å². The van der Waals surface area contributed by atoms with E-state index in [2.05, 4.69) is 9.84 Å². The Kier molecular flexibility index (Phi) is 3.62. The number of halogens is 1. The Morgan fingerprint density at radius 2 is 2.10 bits per heavy atom. The monoisotopic (exact) mass is 294 g/mol.